The molecular formula is C27H38FN3O3. The van der Waals surface area contributed by atoms with E-state index in [1.165, 1.54) is 6.07 Å². The maximum Gasteiger partial charge on any atom is 0.323 e. The zero-order chi connectivity index (χ0) is 25.4. The Labute approximate surface area is 202 Å². The van der Waals surface area contributed by atoms with Crippen LogP contribution in [0, 0.1) is 24.6 Å². The molecular weight excluding hydrogens is 433 g/mol. The number of aliphatic carboxylic acids is 1. The third-order valence-corrected chi connectivity index (χ3v) is 5.52. The van der Waals surface area contributed by atoms with E-state index in [2.05, 4.69) is 38.3 Å². The van der Waals surface area contributed by atoms with Gasteiger partial charge in [0.15, 0.2) is 0 Å². The minimum absolute atomic E-state index is 0.105. The van der Waals surface area contributed by atoms with Crippen LogP contribution in [0.2, 0.25) is 0 Å². The second-order valence-corrected chi connectivity index (χ2v) is 9.74. The predicted octanol–water partition coefficient (Wildman–Crippen LogP) is 6.86. The minimum Gasteiger partial charge on any atom is -0.481 e. The van der Waals surface area contributed by atoms with Gasteiger partial charge in [0.25, 0.3) is 0 Å². The Morgan fingerprint density at radius 2 is 1.59 bits per heavy atom. The third-order valence-electron chi connectivity index (χ3n) is 5.52. The van der Waals surface area contributed by atoms with Crippen molar-refractivity contribution >= 4 is 29.1 Å². The molecule has 1 atom stereocenters. The second kappa shape index (κ2) is 12.4. The highest BCUT2D eigenvalue weighted by atomic mass is 19.1. The van der Waals surface area contributed by atoms with Gasteiger partial charge in [-0.2, -0.15) is 0 Å². The zero-order valence-corrected chi connectivity index (χ0v) is 21.1. The smallest absolute Gasteiger partial charge is 0.323 e. The summed E-state index contributed by atoms with van der Waals surface area (Å²) in [5.74, 6) is -1.20. The van der Waals surface area contributed by atoms with Crippen LogP contribution in [0.3, 0.4) is 0 Å². The van der Waals surface area contributed by atoms with Crippen molar-refractivity contribution in [2.75, 3.05) is 28.6 Å². The molecule has 0 spiro atoms. The summed E-state index contributed by atoms with van der Waals surface area (Å²) in [6, 6.07) is 10.0. The van der Waals surface area contributed by atoms with E-state index in [4.69, 9.17) is 0 Å². The standard InChI is InChI=1S/C27H38FN3O3/c1-7-20(14-25(32)33)21-12-23(28)26(31(15-17(2)3)16-18(4)5)24(13-21)30-27(34)29-22-10-8-19(6)9-11-22/h8-13,17-18,20H,7,14-16H2,1-6H3,(H,32,33)(H2,29,30,34). The van der Waals surface area contributed by atoms with Gasteiger partial charge in [-0.05, 0) is 60.9 Å². The van der Waals surface area contributed by atoms with Crippen LogP contribution in [0.15, 0.2) is 36.4 Å². The molecule has 6 nitrogen and oxygen atoms in total. The Hall–Kier alpha value is -3.09. The van der Waals surface area contributed by atoms with Crippen LogP contribution in [-0.4, -0.2) is 30.2 Å². The summed E-state index contributed by atoms with van der Waals surface area (Å²) in [5, 5.41) is 14.9. The topological polar surface area (TPSA) is 81.7 Å². The molecule has 2 rings (SSSR count). The van der Waals surface area contributed by atoms with Crippen molar-refractivity contribution in [2.24, 2.45) is 11.8 Å². The molecule has 186 valence electrons. The number of hydrogen-bond acceptors (Lipinski definition) is 3. The number of carboxylic acid groups (broad SMARTS) is 1. The van der Waals surface area contributed by atoms with E-state index < -0.39 is 17.8 Å². The number of nitrogens with one attached hydrogen (secondary N) is 2. The molecule has 0 aliphatic carbocycles. The van der Waals surface area contributed by atoms with Gasteiger partial charge in [0.1, 0.15) is 5.82 Å². The van der Waals surface area contributed by atoms with Crippen LogP contribution >= 0.6 is 0 Å². The lowest BCUT2D eigenvalue weighted by Gasteiger charge is -2.31. The second-order valence-electron chi connectivity index (χ2n) is 9.74. The number of aryl methyl sites for hydroxylation is 1. The van der Waals surface area contributed by atoms with Crippen LogP contribution < -0.4 is 15.5 Å². The Morgan fingerprint density at radius 1 is 1.00 bits per heavy atom. The maximum absolute atomic E-state index is 15.7. The number of hydrogen-bond donors (Lipinski definition) is 3. The molecule has 2 aromatic carbocycles. The fraction of sp³-hybridized carbons (Fsp3) is 0.481. The molecule has 3 N–H and O–H groups in total. The lowest BCUT2D eigenvalue weighted by atomic mass is 9.92. The van der Waals surface area contributed by atoms with Gasteiger partial charge in [-0.15, -0.1) is 0 Å². The molecule has 7 heteroatoms. The molecule has 2 aromatic rings. The summed E-state index contributed by atoms with van der Waals surface area (Å²) in [4.78, 5) is 26.2. The lowest BCUT2D eigenvalue weighted by Crippen LogP contribution is -2.33. The number of halogens is 1. The number of carbonyl (C=O) groups is 2. The summed E-state index contributed by atoms with van der Waals surface area (Å²) >= 11 is 0. The van der Waals surface area contributed by atoms with E-state index in [1.807, 2.05) is 30.9 Å². The first kappa shape index (κ1) is 27.2. The Morgan fingerprint density at radius 3 is 2.09 bits per heavy atom. The molecule has 0 radical (unpaired) electrons. The van der Waals surface area contributed by atoms with Gasteiger partial charge < -0.3 is 20.6 Å². The molecule has 34 heavy (non-hydrogen) atoms. The highest BCUT2D eigenvalue weighted by Crippen LogP contribution is 2.36. The van der Waals surface area contributed by atoms with Gasteiger partial charge in [0.2, 0.25) is 0 Å². The summed E-state index contributed by atoms with van der Waals surface area (Å²) in [5.41, 5.74) is 2.93. The van der Waals surface area contributed by atoms with Gasteiger partial charge in [-0.3, -0.25) is 4.79 Å². The quantitative estimate of drug-likeness (QED) is 0.334. The number of benzene rings is 2. The van der Waals surface area contributed by atoms with Gasteiger partial charge in [0.05, 0.1) is 17.8 Å². The molecule has 0 heterocycles. The monoisotopic (exact) mass is 471 g/mol. The average Bonchev–Trinajstić information content (AvgIpc) is 2.72. The predicted molar refractivity (Wildman–Crippen MR) is 137 cm³/mol. The number of amides is 2. The molecule has 0 aliphatic rings. The molecule has 0 bridgehead atoms. The summed E-state index contributed by atoms with van der Waals surface area (Å²) < 4.78 is 15.7. The first-order chi connectivity index (χ1) is 16.0. The van der Waals surface area contributed by atoms with E-state index in [0.29, 0.717) is 42.1 Å². The summed E-state index contributed by atoms with van der Waals surface area (Å²) in [6.07, 6.45) is 0.438. The molecule has 0 saturated carbocycles. The molecule has 2 amide bonds. The van der Waals surface area contributed by atoms with Crippen LogP contribution in [0.5, 0.6) is 0 Å². The van der Waals surface area contributed by atoms with Crippen molar-refractivity contribution in [2.45, 2.75) is 60.3 Å². The minimum atomic E-state index is -0.941. The molecule has 0 aliphatic heterocycles. The van der Waals surface area contributed by atoms with Gasteiger partial charge in [-0.25, -0.2) is 9.18 Å². The molecule has 0 saturated heterocycles. The van der Waals surface area contributed by atoms with Gasteiger partial charge >= 0.3 is 12.0 Å². The Bertz CT molecular complexity index is 964. The largest absolute Gasteiger partial charge is 0.481 e. The van der Waals surface area contributed by atoms with E-state index in [9.17, 15) is 14.7 Å². The Balaban J connectivity index is 2.50. The molecule has 0 aromatic heterocycles. The summed E-state index contributed by atoms with van der Waals surface area (Å²) in [7, 11) is 0. The number of carbonyl (C=O) groups excluding carboxylic acids is 1. The van der Waals surface area contributed by atoms with Crippen molar-refractivity contribution in [1.29, 1.82) is 0 Å². The number of urea groups is 1. The lowest BCUT2D eigenvalue weighted by molar-refractivity contribution is -0.137. The van der Waals surface area contributed by atoms with Crippen LogP contribution in [0.4, 0.5) is 26.2 Å². The zero-order valence-electron chi connectivity index (χ0n) is 21.1. The van der Waals surface area contributed by atoms with E-state index in [1.54, 1.807) is 18.2 Å². The number of rotatable bonds is 11. The number of carboxylic acids is 1. The van der Waals surface area contributed by atoms with Crippen molar-refractivity contribution < 1.29 is 19.1 Å². The van der Waals surface area contributed by atoms with Crippen LogP contribution in [0.1, 0.15) is 64.5 Å². The summed E-state index contributed by atoms with van der Waals surface area (Å²) in [6.45, 7) is 13.3. The number of nitrogens with zero attached hydrogens (tertiary/aromatic N) is 1. The van der Waals surface area contributed by atoms with Crippen molar-refractivity contribution in [3.63, 3.8) is 0 Å². The first-order valence-corrected chi connectivity index (χ1v) is 11.9. The molecule has 1 unspecified atom stereocenters. The highest BCUT2D eigenvalue weighted by molar-refractivity contribution is 6.02. The van der Waals surface area contributed by atoms with Gasteiger partial charge in [0, 0.05) is 18.8 Å². The van der Waals surface area contributed by atoms with Crippen LogP contribution in [0.25, 0.3) is 0 Å². The normalized spacial score (nSPS) is 12.0. The number of anilines is 3. The Kier molecular flexibility index (Phi) is 9.90. The maximum atomic E-state index is 15.7. The van der Waals surface area contributed by atoms with E-state index in [-0.39, 0.29) is 24.2 Å². The highest BCUT2D eigenvalue weighted by Gasteiger charge is 2.24. The van der Waals surface area contributed by atoms with Crippen molar-refractivity contribution in [3.8, 4) is 0 Å². The van der Waals surface area contributed by atoms with Crippen LogP contribution in [-0.2, 0) is 4.79 Å². The van der Waals surface area contributed by atoms with E-state index in [0.717, 1.165) is 5.56 Å². The van der Waals surface area contributed by atoms with E-state index >= 15 is 4.39 Å². The average molecular weight is 472 g/mol. The van der Waals surface area contributed by atoms with Crippen molar-refractivity contribution in [1.82, 2.24) is 0 Å². The fourth-order valence-corrected chi connectivity index (χ4v) is 4.04. The van der Waals surface area contributed by atoms with Gasteiger partial charge in [-0.1, -0.05) is 52.3 Å². The fourth-order valence-electron chi connectivity index (χ4n) is 4.04. The third kappa shape index (κ3) is 8.04. The SMILES string of the molecule is CCC(CC(=O)O)c1cc(F)c(N(CC(C)C)CC(C)C)c(NC(=O)Nc2ccc(C)cc2)c1. The first-order valence-electron chi connectivity index (χ1n) is 11.9. The molecule has 0 fully saturated rings. The van der Waals surface area contributed by atoms with Crippen molar-refractivity contribution in [3.05, 3.63) is 53.3 Å².